The van der Waals surface area contributed by atoms with Gasteiger partial charge in [0.05, 0.1) is 10.7 Å². The molecule has 2 aromatic carbocycles. The number of aryl methyl sites for hydroxylation is 1. The van der Waals surface area contributed by atoms with Gasteiger partial charge in [-0.1, -0.05) is 37.6 Å². The second kappa shape index (κ2) is 7.29. The minimum Gasteiger partial charge on any atom is -0.487 e. The smallest absolute Gasteiger partial charge is 0.368 e. The Hall–Kier alpha value is -2.67. The minimum atomic E-state index is -0.438. The largest absolute Gasteiger partial charge is 0.487 e. The van der Waals surface area contributed by atoms with E-state index in [-0.39, 0.29) is 24.0 Å². The van der Waals surface area contributed by atoms with Gasteiger partial charge >= 0.3 is 5.69 Å². The van der Waals surface area contributed by atoms with Gasteiger partial charge in [-0.2, -0.15) is 9.36 Å². The van der Waals surface area contributed by atoms with Crippen LogP contribution in [0.25, 0.3) is 5.69 Å². The van der Waals surface area contributed by atoms with E-state index in [2.05, 4.69) is 10.4 Å². The van der Waals surface area contributed by atoms with Crippen LogP contribution in [0.1, 0.15) is 30.9 Å². The number of hydrogen-bond donors (Lipinski definition) is 0. The number of aromatic nitrogens is 4. The van der Waals surface area contributed by atoms with Gasteiger partial charge in [0.2, 0.25) is 0 Å². The fourth-order valence-electron chi connectivity index (χ4n) is 2.69. The summed E-state index contributed by atoms with van der Waals surface area (Å²) in [6, 6.07) is 9.52. The molecule has 0 unspecified atom stereocenters. The van der Waals surface area contributed by atoms with Gasteiger partial charge in [-0.25, -0.2) is 9.18 Å². The van der Waals surface area contributed by atoms with E-state index in [1.807, 2.05) is 26.0 Å². The van der Waals surface area contributed by atoms with Crippen molar-refractivity contribution in [3.63, 3.8) is 0 Å². The number of ether oxygens (including phenoxy) is 1. The molecule has 0 saturated carbocycles. The van der Waals surface area contributed by atoms with Crippen molar-refractivity contribution in [2.45, 2.75) is 26.4 Å². The predicted molar refractivity (Wildman–Crippen MR) is 96.4 cm³/mol. The van der Waals surface area contributed by atoms with E-state index in [1.165, 1.54) is 29.9 Å². The van der Waals surface area contributed by atoms with Crippen molar-refractivity contribution in [3.05, 3.63) is 68.8 Å². The molecule has 0 N–H and O–H groups in total. The van der Waals surface area contributed by atoms with Crippen molar-refractivity contribution in [2.75, 3.05) is 0 Å². The van der Waals surface area contributed by atoms with Crippen LogP contribution >= 0.6 is 11.6 Å². The second-order valence-corrected chi connectivity index (χ2v) is 6.57. The SMILES string of the molecule is CC(C)c1cccc(-n2nnn(C)c2=O)c1COc1cc(F)ccc1Cl. The number of tetrazole rings is 1. The fourth-order valence-corrected chi connectivity index (χ4v) is 2.86. The van der Waals surface area contributed by atoms with Crippen molar-refractivity contribution < 1.29 is 9.13 Å². The summed E-state index contributed by atoms with van der Waals surface area (Å²) in [5.74, 6) is -0.0153. The van der Waals surface area contributed by atoms with Crippen LogP contribution in [0.2, 0.25) is 5.02 Å². The molecule has 0 radical (unpaired) electrons. The molecular weight excluding hydrogens is 359 g/mol. The summed E-state index contributed by atoms with van der Waals surface area (Å²) in [7, 11) is 1.53. The Morgan fingerprint density at radius 3 is 2.65 bits per heavy atom. The van der Waals surface area contributed by atoms with Crippen LogP contribution in [0.15, 0.2) is 41.2 Å². The Morgan fingerprint density at radius 2 is 2.00 bits per heavy atom. The third-order valence-corrected chi connectivity index (χ3v) is 4.34. The van der Waals surface area contributed by atoms with Crippen LogP contribution in [0.3, 0.4) is 0 Å². The lowest BCUT2D eigenvalue weighted by Gasteiger charge is -2.17. The Labute approximate surface area is 154 Å². The van der Waals surface area contributed by atoms with E-state index in [1.54, 1.807) is 6.07 Å². The number of hydrogen-bond acceptors (Lipinski definition) is 4. The summed E-state index contributed by atoms with van der Waals surface area (Å²) in [6.45, 7) is 4.18. The normalized spacial score (nSPS) is 11.2. The molecule has 6 nitrogen and oxygen atoms in total. The Balaban J connectivity index is 2.05. The molecule has 0 spiro atoms. The van der Waals surface area contributed by atoms with Crippen molar-refractivity contribution in [2.24, 2.45) is 7.05 Å². The van der Waals surface area contributed by atoms with Crippen molar-refractivity contribution in [1.82, 2.24) is 19.8 Å². The third kappa shape index (κ3) is 3.48. The third-order valence-electron chi connectivity index (χ3n) is 4.02. The summed E-state index contributed by atoms with van der Waals surface area (Å²) >= 11 is 6.08. The molecule has 0 aliphatic carbocycles. The summed E-state index contributed by atoms with van der Waals surface area (Å²) in [4.78, 5) is 12.3. The summed E-state index contributed by atoms with van der Waals surface area (Å²) in [6.07, 6.45) is 0. The highest BCUT2D eigenvalue weighted by atomic mass is 35.5. The lowest BCUT2D eigenvalue weighted by Crippen LogP contribution is -2.23. The standard InChI is InChI=1S/C18H18ClFN4O2/c1-11(2)13-5-4-6-16(24-18(25)23(3)21-22-24)14(13)10-26-17-9-12(20)7-8-15(17)19/h4-9,11H,10H2,1-3H3. The van der Waals surface area contributed by atoms with E-state index in [9.17, 15) is 9.18 Å². The van der Waals surface area contributed by atoms with Crippen LogP contribution < -0.4 is 10.4 Å². The maximum atomic E-state index is 13.5. The molecular formula is C18H18ClFN4O2. The molecule has 1 aromatic heterocycles. The molecule has 8 heteroatoms. The number of halogens is 2. The molecule has 0 saturated heterocycles. The van der Waals surface area contributed by atoms with Crippen LogP contribution in [-0.4, -0.2) is 19.8 Å². The zero-order chi connectivity index (χ0) is 18.8. The van der Waals surface area contributed by atoms with Crippen molar-refractivity contribution >= 4 is 11.6 Å². The molecule has 136 valence electrons. The zero-order valence-electron chi connectivity index (χ0n) is 14.6. The highest BCUT2D eigenvalue weighted by Crippen LogP contribution is 2.29. The van der Waals surface area contributed by atoms with Gasteiger partial charge in [-0.15, -0.1) is 0 Å². The topological polar surface area (TPSA) is 61.9 Å². The van der Waals surface area contributed by atoms with Gasteiger partial charge in [-0.3, -0.25) is 0 Å². The first-order chi connectivity index (χ1) is 12.4. The molecule has 1 heterocycles. The highest BCUT2D eigenvalue weighted by Gasteiger charge is 2.17. The van der Waals surface area contributed by atoms with Gasteiger partial charge in [0, 0.05) is 18.7 Å². The van der Waals surface area contributed by atoms with Gasteiger partial charge in [-0.05, 0) is 40.1 Å². The van der Waals surface area contributed by atoms with Crippen LogP contribution in [0.5, 0.6) is 5.75 Å². The van der Waals surface area contributed by atoms with Crippen LogP contribution in [0.4, 0.5) is 4.39 Å². The second-order valence-electron chi connectivity index (χ2n) is 6.16. The average molecular weight is 377 g/mol. The number of rotatable bonds is 5. The lowest BCUT2D eigenvalue weighted by atomic mass is 9.96. The maximum absolute atomic E-state index is 13.5. The van der Waals surface area contributed by atoms with Crippen molar-refractivity contribution in [1.29, 1.82) is 0 Å². The van der Waals surface area contributed by atoms with Gasteiger partial charge < -0.3 is 4.74 Å². The molecule has 0 amide bonds. The fraction of sp³-hybridized carbons (Fsp3) is 0.278. The minimum absolute atomic E-state index is 0.107. The molecule has 0 atom stereocenters. The predicted octanol–water partition coefficient (Wildman–Crippen LogP) is 3.46. The molecule has 0 bridgehead atoms. The first-order valence-electron chi connectivity index (χ1n) is 8.07. The van der Waals surface area contributed by atoms with Crippen LogP contribution in [0, 0.1) is 5.82 Å². The maximum Gasteiger partial charge on any atom is 0.368 e. The van der Waals surface area contributed by atoms with E-state index in [0.29, 0.717) is 10.7 Å². The Morgan fingerprint density at radius 1 is 1.23 bits per heavy atom. The van der Waals surface area contributed by atoms with E-state index < -0.39 is 5.82 Å². The lowest BCUT2D eigenvalue weighted by molar-refractivity contribution is 0.302. The summed E-state index contributed by atoms with van der Waals surface area (Å²) < 4.78 is 21.6. The molecule has 3 rings (SSSR count). The molecule has 3 aromatic rings. The van der Waals surface area contributed by atoms with E-state index >= 15 is 0 Å². The highest BCUT2D eigenvalue weighted by molar-refractivity contribution is 6.32. The van der Waals surface area contributed by atoms with Crippen molar-refractivity contribution in [3.8, 4) is 11.4 Å². The number of benzene rings is 2. The Bertz CT molecular complexity index is 997. The average Bonchev–Trinajstić information content (AvgIpc) is 2.94. The zero-order valence-corrected chi connectivity index (χ0v) is 15.4. The van der Waals surface area contributed by atoms with Crippen LogP contribution in [-0.2, 0) is 13.7 Å². The molecule has 0 aliphatic heterocycles. The van der Waals surface area contributed by atoms with E-state index in [0.717, 1.165) is 15.8 Å². The molecule has 0 fully saturated rings. The van der Waals surface area contributed by atoms with Gasteiger partial charge in [0.1, 0.15) is 18.2 Å². The summed E-state index contributed by atoms with van der Waals surface area (Å²) in [5.41, 5.74) is 1.97. The van der Waals surface area contributed by atoms with E-state index in [4.69, 9.17) is 16.3 Å². The van der Waals surface area contributed by atoms with Gasteiger partial charge in [0.15, 0.2) is 0 Å². The Kier molecular flexibility index (Phi) is 5.08. The molecule has 26 heavy (non-hydrogen) atoms. The molecule has 0 aliphatic rings. The van der Waals surface area contributed by atoms with Gasteiger partial charge in [0.25, 0.3) is 0 Å². The summed E-state index contributed by atoms with van der Waals surface area (Å²) in [5, 5.41) is 7.98. The quantitative estimate of drug-likeness (QED) is 0.684. The first-order valence-corrected chi connectivity index (χ1v) is 8.45. The first kappa shape index (κ1) is 18.1. The monoisotopic (exact) mass is 376 g/mol. The number of nitrogens with zero attached hydrogens (tertiary/aromatic N) is 4.